The largest absolute Gasteiger partial charge is 0.470 e. The molecular formula is C50H38N4O. The van der Waals surface area contributed by atoms with Crippen LogP contribution in [0.2, 0.25) is 0 Å². The number of hydrogen-bond donors (Lipinski definition) is 0. The molecule has 2 aromatic heterocycles. The number of rotatable bonds is 8. The fourth-order valence-corrected chi connectivity index (χ4v) is 8.43. The summed E-state index contributed by atoms with van der Waals surface area (Å²) in [5.74, 6) is 2.89. The lowest BCUT2D eigenvalue weighted by molar-refractivity contribution is 0.160. The topological polar surface area (TPSA) is 52.8 Å². The maximum absolute atomic E-state index is 6.87. The molecular weight excluding hydrogens is 673 g/mol. The Hall–Kier alpha value is -6.85. The highest BCUT2D eigenvalue weighted by Crippen LogP contribution is 2.52. The number of hydrogen-bond acceptors (Lipinski definition) is 4. The second kappa shape index (κ2) is 13.5. The Morgan fingerprint density at radius 1 is 0.545 bits per heavy atom. The molecule has 5 nitrogen and oxygen atoms in total. The summed E-state index contributed by atoms with van der Waals surface area (Å²) in [6, 6.07) is 59.7. The summed E-state index contributed by atoms with van der Waals surface area (Å²) in [7, 11) is 0. The van der Waals surface area contributed by atoms with Gasteiger partial charge in [-0.05, 0) is 58.9 Å². The zero-order valence-electron chi connectivity index (χ0n) is 30.7. The summed E-state index contributed by atoms with van der Waals surface area (Å²) in [6.07, 6.45) is 0.652. The number of fused-ring (bicyclic) bond motifs is 7. The van der Waals surface area contributed by atoms with Crippen LogP contribution in [0.3, 0.4) is 0 Å². The minimum absolute atomic E-state index is 0.0141. The van der Waals surface area contributed by atoms with Crippen LogP contribution in [-0.2, 0) is 6.42 Å². The molecule has 0 saturated carbocycles. The second-order valence-electron chi connectivity index (χ2n) is 14.2. The van der Waals surface area contributed by atoms with Crippen molar-refractivity contribution in [2.75, 3.05) is 0 Å². The first-order chi connectivity index (χ1) is 27.2. The monoisotopic (exact) mass is 710 g/mol. The molecule has 0 amide bonds. The van der Waals surface area contributed by atoms with Crippen LogP contribution in [-0.4, -0.2) is 19.5 Å². The van der Waals surface area contributed by atoms with E-state index < -0.39 is 0 Å². The maximum Gasteiger partial charge on any atom is 0.173 e. The number of aromatic nitrogens is 4. The number of benzene rings is 7. The summed E-state index contributed by atoms with van der Waals surface area (Å²) in [6.45, 7) is 4.35. The minimum Gasteiger partial charge on any atom is -0.470 e. The molecule has 0 saturated heterocycles. The van der Waals surface area contributed by atoms with Crippen molar-refractivity contribution in [3.63, 3.8) is 0 Å². The van der Waals surface area contributed by atoms with Gasteiger partial charge in [-0.25, -0.2) is 15.0 Å². The van der Waals surface area contributed by atoms with Gasteiger partial charge < -0.3 is 9.30 Å². The van der Waals surface area contributed by atoms with Crippen molar-refractivity contribution in [2.24, 2.45) is 0 Å². The number of para-hydroxylation sites is 2. The molecule has 7 aromatic carbocycles. The van der Waals surface area contributed by atoms with Crippen molar-refractivity contribution in [1.29, 1.82) is 0 Å². The highest BCUT2D eigenvalue weighted by Gasteiger charge is 2.34. The molecule has 1 aliphatic rings. The van der Waals surface area contributed by atoms with E-state index in [-0.39, 0.29) is 12.1 Å². The van der Waals surface area contributed by atoms with Crippen LogP contribution in [0, 0.1) is 0 Å². The Morgan fingerprint density at radius 2 is 1.13 bits per heavy atom. The SMILES string of the molecule is CCc1ccccc1OC(C)n1c2ccccc2c2ccc3c(c21)C(c1ccc(-c2nc(-c4ccccc4)nc(-c4ccccc4)n2)cc1)c1ccccc1-3. The second-order valence-corrected chi connectivity index (χ2v) is 14.2. The smallest absolute Gasteiger partial charge is 0.173 e. The first-order valence-corrected chi connectivity index (χ1v) is 19.0. The first-order valence-electron chi connectivity index (χ1n) is 19.0. The van der Waals surface area contributed by atoms with Gasteiger partial charge >= 0.3 is 0 Å². The third kappa shape index (κ3) is 5.59. The van der Waals surface area contributed by atoms with Crippen LogP contribution in [0.25, 0.3) is 67.1 Å². The van der Waals surface area contributed by atoms with E-state index in [2.05, 4.69) is 128 Å². The van der Waals surface area contributed by atoms with Crippen molar-refractivity contribution in [3.8, 4) is 51.0 Å². The van der Waals surface area contributed by atoms with Gasteiger partial charge in [0.05, 0.1) is 11.0 Å². The quantitative estimate of drug-likeness (QED) is 0.158. The van der Waals surface area contributed by atoms with Crippen LogP contribution >= 0.6 is 0 Å². The van der Waals surface area contributed by atoms with Crippen LogP contribution in [0.5, 0.6) is 5.75 Å². The van der Waals surface area contributed by atoms with Gasteiger partial charge in [-0.3, -0.25) is 0 Å². The van der Waals surface area contributed by atoms with E-state index in [1.165, 1.54) is 49.7 Å². The lowest BCUT2D eigenvalue weighted by Gasteiger charge is -2.23. The predicted octanol–water partition coefficient (Wildman–Crippen LogP) is 12.3. The van der Waals surface area contributed by atoms with Gasteiger partial charge in [0.2, 0.25) is 0 Å². The van der Waals surface area contributed by atoms with E-state index in [1.807, 2.05) is 60.7 Å². The van der Waals surface area contributed by atoms with Gasteiger partial charge in [0.15, 0.2) is 23.7 Å². The van der Waals surface area contributed by atoms with Gasteiger partial charge in [-0.15, -0.1) is 0 Å². The molecule has 10 rings (SSSR count). The summed E-state index contributed by atoms with van der Waals surface area (Å²) in [5.41, 5.74) is 12.8. The molecule has 1 aliphatic carbocycles. The van der Waals surface area contributed by atoms with E-state index in [4.69, 9.17) is 19.7 Å². The van der Waals surface area contributed by atoms with E-state index in [9.17, 15) is 0 Å². The lowest BCUT2D eigenvalue weighted by Crippen LogP contribution is -2.14. The Morgan fingerprint density at radius 3 is 1.82 bits per heavy atom. The van der Waals surface area contributed by atoms with Crippen molar-refractivity contribution < 1.29 is 4.74 Å². The van der Waals surface area contributed by atoms with E-state index in [0.717, 1.165) is 34.4 Å². The summed E-state index contributed by atoms with van der Waals surface area (Å²) < 4.78 is 9.29. The zero-order valence-corrected chi connectivity index (χ0v) is 30.7. The molecule has 264 valence electrons. The normalized spacial score (nSPS) is 13.8. The molecule has 0 N–H and O–H groups in total. The molecule has 55 heavy (non-hydrogen) atoms. The van der Waals surface area contributed by atoms with Gasteiger partial charge in [0.25, 0.3) is 0 Å². The number of nitrogens with zero attached hydrogens (tertiary/aromatic N) is 4. The fourth-order valence-electron chi connectivity index (χ4n) is 8.43. The van der Waals surface area contributed by atoms with E-state index in [0.29, 0.717) is 17.5 Å². The lowest BCUT2D eigenvalue weighted by atomic mass is 9.87. The Labute approximate surface area is 320 Å². The summed E-state index contributed by atoms with van der Waals surface area (Å²) >= 11 is 0. The van der Waals surface area contributed by atoms with E-state index >= 15 is 0 Å². The molecule has 5 heteroatoms. The van der Waals surface area contributed by atoms with Gasteiger partial charge in [-0.1, -0.05) is 165 Å². The van der Waals surface area contributed by atoms with Crippen molar-refractivity contribution >= 4 is 21.8 Å². The highest BCUT2D eigenvalue weighted by atomic mass is 16.5. The maximum atomic E-state index is 6.87. The molecule has 0 spiro atoms. The van der Waals surface area contributed by atoms with Crippen LogP contribution in [0.4, 0.5) is 0 Å². The fraction of sp³-hybridized carbons (Fsp3) is 0.100. The highest BCUT2D eigenvalue weighted by molar-refractivity contribution is 6.12. The zero-order chi connectivity index (χ0) is 36.9. The van der Waals surface area contributed by atoms with Crippen LogP contribution in [0.1, 0.15) is 48.2 Å². The molecule has 9 aromatic rings. The molecule has 0 fully saturated rings. The standard InChI is InChI=1S/C50H38N4O/c1-3-33-16-10-15-25-44(33)55-32(2)54-43-24-14-13-22-39(43)42-31-30-41-38-21-11-12-23-40(38)45(46(41)47(42)54)34-26-28-37(29-27-34)50-52-48(35-17-6-4-7-18-35)51-49(53-50)36-19-8-5-9-20-36/h4-32,45H,3H2,1-2H3. The average molecular weight is 711 g/mol. The Balaban J connectivity index is 1.13. The predicted molar refractivity (Wildman–Crippen MR) is 223 cm³/mol. The number of ether oxygens (including phenoxy) is 1. The van der Waals surface area contributed by atoms with Crippen LogP contribution in [0.15, 0.2) is 170 Å². The van der Waals surface area contributed by atoms with Crippen LogP contribution < -0.4 is 4.74 Å². The van der Waals surface area contributed by atoms with Crippen molar-refractivity contribution in [1.82, 2.24) is 19.5 Å². The van der Waals surface area contributed by atoms with Gasteiger partial charge in [0.1, 0.15) is 5.75 Å². The van der Waals surface area contributed by atoms with Crippen molar-refractivity contribution in [2.45, 2.75) is 32.4 Å². The van der Waals surface area contributed by atoms with E-state index in [1.54, 1.807) is 0 Å². The minimum atomic E-state index is -0.255. The molecule has 2 atom stereocenters. The molecule has 0 aliphatic heterocycles. The molecule has 0 bridgehead atoms. The third-order valence-corrected chi connectivity index (χ3v) is 11.0. The van der Waals surface area contributed by atoms with Gasteiger partial charge in [-0.2, -0.15) is 0 Å². The summed E-state index contributed by atoms with van der Waals surface area (Å²) in [4.78, 5) is 14.9. The number of aryl methyl sites for hydroxylation is 1. The third-order valence-electron chi connectivity index (χ3n) is 11.0. The average Bonchev–Trinajstić information content (AvgIpc) is 3.78. The summed E-state index contributed by atoms with van der Waals surface area (Å²) in [5, 5.41) is 2.46. The first kappa shape index (κ1) is 32.8. The molecule has 2 unspecified atom stereocenters. The van der Waals surface area contributed by atoms with Crippen molar-refractivity contribution in [3.05, 3.63) is 192 Å². The molecule has 2 heterocycles. The Bertz CT molecular complexity index is 2790. The Kier molecular flexibility index (Phi) is 8.06. The van der Waals surface area contributed by atoms with Gasteiger partial charge in [0, 0.05) is 33.4 Å². The molecule has 0 radical (unpaired) electrons.